The lowest BCUT2D eigenvalue weighted by Crippen LogP contribution is -2.39. The van der Waals surface area contributed by atoms with Crippen molar-refractivity contribution in [2.45, 2.75) is 32.7 Å². The van der Waals surface area contributed by atoms with Crippen LogP contribution in [0.2, 0.25) is 5.02 Å². The van der Waals surface area contributed by atoms with Crippen LogP contribution in [-0.2, 0) is 19.9 Å². The van der Waals surface area contributed by atoms with Gasteiger partial charge in [0.05, 0.1) is 5.69 Å². The first kappa shape index (κ1) is 15.9. The molecule has 1 aromatic heterocycles. The maximum Gasteiger partial charge on any atom is 0.127 e. The van der Waals surface area contributed by atoms with Crippen LogP contribution in [0, 0.1) is 19.7 Å². The monoisotopic (exact) mass is 310 g/mol. The molecule has 4 nitrogen and oxygen atoms in total. The largest absolute Gasteiger partial charge is 0.272 e. The summed E-state index contributed by atoms with van der Waals surface area (Å²) in [6, 6.07) is 4.59. The van der Waals surface area contributed by atoms with Crippen LogP contribution in [0.4, 0.5) is 4.39 Å². The van der Waals surface area contributed by atoms with Crippen molar-refractivity contribution in [3.63, 3.8) is 0 Å². The van der Waals surface area contributed by atoms with E-state index in [1.807, 2.05) is 25.6 Å². The summed E-state index contributed by atoms with van der Waals surface area (Å²) in [6.45, 7) is 3.98. The standard InChI is InChI=1S/C15H20ClFN4/c1-9-12(10(2)21(3)20-9)7-11(19-18)8-13-14(16)5-4-6-15(13)17/h4-6,11,19H,7-8,18H2,1-3H3. The molecule has 1 heterocycles. The molecular formula is C15H20ClFN4. The van der Waals surface area contributed by atoms with E-state index in [1.54, 1.807) is 12.1 Å². The molecule has 0 aliphatic heterocycles. The van der Waals surface area contributed by atoms with Crippen molar-refractivity contribution in [1.29, 1.82) is 0 Å². The summed E-state index contributed by atoms with van der Waals surface area (Å²) in [6.07, 6.45) is 1.10. The minimum atomic E-state index is -0.303. The number of benzene rings is 1. The summed E-state index contributed by atoms with van der Waals surface area (Å²) in [5, 5.41) is 4.81. The highest BCUT2D eigenvalue weighted by Crippen LogP contribution is 2.22. The summed E-state index contributed by atoms with van der Waals surface area (Å²) in [5.41, 5.74) is 6.43. The average molecular weight is 311 g/mol. The maximum atomic E-state index is 13.9. The van der Waals surface area contributed by atoms with Gasteiger partial charge in [0.1, 0.15) is 5.82 Å². The van der Waals surface area contributed by atoms with Crippen molar-refractivity contribution in [2.24, 2.45) is 12.9 Å². The van der Waals surface area contributed by atoms with Gasteiger partial charge in [-0.25, -0.2) is 4.39 Å². The van der Waals surface area contributed by atoms with E-state index in [0.717, 1.165) is 17.0 Å². The molecule has 0 aliphatic rings. The molecule has 0 saturated heterocycles. The van der Waals surface area contributed by atoms with Crippen LogP contribution in [0.15, 0.2) is 18.2 Å². The Morgan fingerprint density at radius 1 is 1.33 bits per heavy atom. The average Bonchev–Trinajstić information content (AvgIpc) is 2.67. The van der Waals surface area contributed by atoms with Crippen LogP contribution in [0.5, 0.6) is 0 Å². The second-order valence-electron chi connectivity index (χ2n) is 5.25. The lowest BCUT2D eigenvalue weighted by Gasteiger charge is -2.17. The first-order valence-electron chi connectivity index (χ1n) is 6.82. The van der Waals surface area contributed by atoms with Gasteiger partial charge in [0, 0.05) is 29.4 Å². The molecule has 0 fully saturated rings. The fraction of sp³-hybridized carbons (Fsp3) is 0.400. The Balaban J connectivity index is 2.21. The highest BCUT2D eigenvalue weighted by molar-refractivity contribution is 6.31. The molecule has 1 unspecified atom stereocenters. The first-order valence-corrected chi connectivity index (χ1v) is 7.20. The zero-order valence-electron chi connectivity index (χ0n) is 12.5. The molecule has 1 aromatic carbocycles. The molecule has 0 spiro atoms. The Hall–Kier alpha value is -1.43. The molecule has 0 amide bonds. The summed E-state index contributed by atoms with van der Waals surface area (Å²) in [7, 11) is 1.91. The number of nitrogens with two attached hydrogens (primary N) is 1. The fourth-order valence-electron chi connectivity index (χ4n) is 2.52. The van der Waals surface area contributed by atoms with Crippen molar-refractivity contribution < 1.29 is 4.39 Å². The summed E-state index contributed by atoms with van der Waals surface area (Å²) in [5.74, 6) is 5.33. The minimum Gasteiger partial charge on any atom is -0.272 e. The molecule has 0 aliphatic carbocycles. The third-order valence-corrected chi connectivity index (χ3v) is 4.21. The summed E-state index contributed by atoms with van der Waals surface area (Å²) >= 11 is 6.08. The fourth-order valence-corrected chi connectivity index (χ4v) is 2.76. The number of hydrogen-bond acceptors (Lipinski definition) is 3. The quantitative estimate of drug-likeness (QED) is 0.659. The van der Waals surface area contributed by atoms with Crippen LogP contribution in [-0.4, -0.2) is 15.8 Å². The van der Waals surface area contributed by atoms with Crippen molar-refractivity contribution in [2.75, 3.05) is 0 Å². The molecule has 2 rings (SSSR count). The van der Waals surface area contributed by atoms with Gasteiger partial charge in [-0.05, 0) is 44.4 Å². The van der Waals surface area contributed by atoms with Crippen molar-refractivity contribution in [1.82, 2.24) is 15.2 Å². The number of hydrogen-bond donors (Lipinski definition) is 2. The third-order valence-electron chi connectivity index (χ3n) is 3.86. The van der Waals surface area contributed by atoms with Gasteiger partial charge in [0.15, 0.2) is 0 Å². The van der Waals surface area contributed by atoms with Crippen LogP contribution in [0.1, 0.15) is 22.5 Å². The Morgan fingerprint density at radius 3 is 2.52 bits per heavy atom. The Morgan fingerprint density at radius 2 is 2.00 bits per heavy atom. The predicted octanol–water partition coefficient (Wildman–Crippen LogP) is 2.45. The topological polar surface area (TPSA) is 55.9 Å². The maximum absolute atomic E-state index is 13.9. The lowest BCUT2D eigenvalue weighted by atomic mass is 9.98. The van der Waals surface area contributed by atoms with Gasteiger partial charge in [-0.1, -0.05) is 17.7 Å². The highest BCUT2D eigenvalue weighted by Gasteiger charge is 2.18. The van der Waals surface area contributed by atoms with E-state index in [-0.39, 0.29) is 11.9 Å². The molecule has 2 aromatic rings. The molecular weight excluding hydrogens is 291 g/mol. The van der Waals surface area contributed by atoms with Gasteiger partial charge in [0.25, 0.3) is 0 Å². The molecule has 6 heteroatoms. The van der Waals surface area contributed by atoms with E-state index in [9.17, 15) is 4.39 Å². The van der Waals surface area contributed by atoms with Gasteiger partial charge in [0.2, 0.25) is 0 Å². The lowest BCUT2D eigenvalue weighted by molar-refractivity contribution is 0.505. The predicted molar refractivity (Wildman–Crippen MR) is 82.6 cm³/mol. The van der Waals surface area contributed by atoms with Gasteiger partial charge >= 0.3 is 0 Å². The molecule has 0 saturated carbocycles. The minimum absolute atomic E-state index is 0.110. The molecule has 3 N–H and O–H groups in total. The van der Waals surface area contributed by atoms with E-state index >= 15 is 0 Å². The van der Waals surface area contributed by atoms with E-state index in [0.29, 0.717) is 23.4 Å². The second kappa shape index (κ2) is 6.56. The SMILES string of the molecule is Cc1nn(C)c(C)c1CC(Cc1c(F)cccc1Cl)NN. The number of aromatic nitrogens is 2. The summed E-state index contributed by atoms with van der Waals surface area (Å²) < 4.78 is 15.7. The van der Waals surface area contributed by atoms with E-state index in [1.165, 1.54) is 6.07 Å². The van der Waals surface area contributed by atoms with Crippen LogP contribution in [0.3, 0.4) is 0 Å². The third kappa shape index (κ3) is 3.43. The highest BCUT2D eigenvalue weighted by atomic mass is 35.5. The Labute approximate surface area is 129 Å². The number of halogens is 2. The number of hydrazine groups is 1. The summed E-state index contributed by atoms with van der Waals surface area (Å²) in [4.78, 5) is 0. The number of nitrogens with zero attached hydrogens (tertiary/aromatic N) is 2. The number of nitrogens with one attached hydrogen (secondary N) is 1. The number of aryl methyl sites for hydroxylation is 2. The van der Waals surface area contributed by atoms with Crippen molar-refractivity contribution >= 4 is 11.6 Å². The molecule has 114 valence electrons. The van der Waals surface area contributed by atoms with E-state index < -0.39 is 0 Å². The van der Waals surface area contributed by atoms with Gasteiger partial charge in [-0.15, -0.1) is 0 Å². The second-order valence-corrected chi connectivity index (χ2v) is 5.65. The smallest absolute Gasteiger partial charge is 0.127 e. The van der Waals surface area contributed by atoms with Gasteiger partial charge in [-0.2, -0.15) is 5.10 Å². The normalized spacial score (nSPS) is 12.7. The molecule has 1 atom stereocenters. The first-order chi connectivity index (χ1) is 9.93. The van der Waals surface area contributed by atoms with E-state index in [4.69, 9.17) is 17.4 Å². The zero-order valence-corrected chi connectivity index (χ0v) is 13.2. The van der Waals surface area contributed by atoms with Crippen LogP contribution < -0.4 is 11.3 Å². The van der Waals surface area contributed by atoms with Crippen LogP contribution >= 0.6 is 11.6 Å². The molecule has 0 bridgehead atoms. The van der Waals surface area contributed by atoms with Crippen molar-refractivity contribution in [3.05, 3.63) is 51.6 Å². The van der Waals surface area contributed by atoms with Gasteiger partial charge in [-0.3, -0.25) is 16.0 Å². The van der Waals surface area contributed by atoms with Crippen LogP contribution in [0.25, 0.3) is 0 Å². The molecule has 0 radical (unpaired) electrons. The Bertz CT molecular complexity index is 619. The number of rotatable bonds is 5. The Kier molecular flexibility index (Phi) is 4.98. The van der Waals surface area contributed by atoms with Crippen molar-refractivity contribution in [3.8, 4) is 0 Å². The zero-order chi connectivity index (χ0) is 15.6. The van der Waals surface area contributed by atoms with E-state index in [2.05, 4.69) is 10.5 Å². The molecule has 21 heavy (non-hydrogen) atoms. The van der Waals surface area contributed by atoms with Gasteiger partial charge < -0.3 is 0 Å².